The van der Waals surface area contributed by atoms with Gasteiger partial charge < -0.3 is 4.74 Å². The third-order valence-electron chi connectivity index (χ3n) is 5.21. The molecule has 30 heavy (non-hydrogen) atoms. The van der Waals surface area contributed by atoms with Gasteiger partial charge in [0.2, 0.25) is 0 Å². The number of hydrogen-bond donors (Lipinski definition) is 1. The normalized spacial score (nSPS) is 13.1. The minimum atomic E-state index is -0.523. The van der Waals surface area contributed by atoms with Gasteiger partial charge >= 0.3 is 5.97 Å². The second kappa shape index (κ2) is 13.5. The molecule has 0 fully saturated rings. The Labute approximate surface area is 179 Å². The zero-order valence-electron chi connectivity index (χ0n) is 17.8. The lowest BCUT2D eigenvalue weighted by Crippen LogP contribution is -2.23. The maximum atomic E-state index is 11.8. The molecule has 1 heterocycles. The summed E-state index contributed by atoms with van der Waals surface area (Å²) in [5.74, 6) is -1.53. The van der Waals surface area contributed by atoms with E-state index in [0.29, 0.717) is 0 Å². The van der Waals surface area contributed by atoms with Crippen LogP contribution < -0.4 is 5.32 Å². The molecule has 5 heteroatoms. The zero-order valence-corrected chi connectivity index (χ0v) is 17.8. The number of nitrogens with one attached hydrogen (secondary N) is 1. The molecule has 1 aliphatic rings. The fourth-order valence-corrected chi connectivity index (χ4v) is 3.43. The molecule has 5 nitrogen and oxygen atoms in total. The van der Waals surface area contributed by atoms with Crippen molar-refractivity contribution in [3.63, 3.8) is 0 Å². The first-order valence-electron chi connectivity index (χ1n) is 11.0. The van der Waals surface area contributed by atoms with Crippen LogP contribution in [0.3, 0.4) is 0 Å². The van der Waals surface area contributed by atoms with E-state index < -0.39 is 17.8 Å². The smallest absolute Gasteiger partial charge is 0.310 e. The average molecular weight is 412 g/mol. The molecule has 0 bridgehead atoms. The number of hydrogen-bond acceptors (Lipinski definition) is 4. The Morgan fingerprint density at radius 3 is 2.10 bits per heavy atom. The van der Waals surface area contributed by atoms with Gasteiger partial charge in [-0.3, -0.25) is 19.7 Å². The van der Waals surface area contributed by atoms with Crippen molar-refractivity contribution in [2.24, 2.45) is 0 Å². The summed E-state index contributed by atoms with van der Waals surface area (Å²) in [6.45, 7) is 3.91. The van der Waals surface area contributed by atoms with Crippen LogP contribution in [0, 0.1) is 0 Å². The van der Waals surface area contributed by atoms with E-state index in [1.165, 1.54) is 56.9 Å². The summed E-state index contributed by atoms with van der Waals surface area (Å²) >= 11 is 0. The lowest BCUT2D eigenvalue weighted by Gasteiger charge is -2.07. The van der Waals surface area contributed by atoms with Crippen molar-refractivity contribution >= 4 is 17.8 Å². The van der Waals surface area contributed by atoms with Gasteiger partial charge in [0.15, 0.2) is 0 Å². The maximum absolute atomic E-state index is 11.8. The zero-order chi connectivity index (χ0) is 21.6. The molecule has 2 rings (SSSR count). The lowest BCUT2D eigenvalue weighted by molar-refractivity contribution is -0.144. The number of rotatable bonds is 15. The fraction of sp³-hybridized carbons (Fsp3) is 0.480. The summed E-state index contributed by atoms with van der Waals surface area (Å²) in [5.41, 5.74) is 2.35. The van der Waals surface area contributed by atoms with Crippen LogP contribution in [0.15, 0.2) is 48.6 Å². The monoisotopic (exact) mass is 411 g/mol. The Hall–Kier alpha value is -2.69. The first kappa shape index (κ1) is 23.6. The molecular formula is C25H33NO4. The molecule has 162 valence electrons. The van der Waals surface area contributed by atoms with E-state index in [9.17, 15) is 14.4 Å². The molecule has 0 unspecified atom stereocenters. The lowest BCUT2D eigenvalue weighted by atomic mass is 10.0. The van der Waals surface area contributed by atoms with E-state index in [1.807, 2.05) is 18.2 Å². The number of amides is 2. The van der Waals surface area contributed by atoms with Crippen molar-refractivity contribution in [2.45, 2.75) is 77.2 Å². The summed E-state index contributed by atoms with van der Waals surface area (Å²) < 4.78 is 5.20. The van der Waals surface area contributed by atoms with E-state index in [1.54, 1.807) is 0 Å². The molecule has 0 aromatic heterocycles. The molecule has 0 spiro atoms. The largest absolute Gasteiger partial charge is 0.461 e. The predicted octanol–water partition coefficient (Wildman–Crippen LogP) is 4.94. The molecule has 1 aromatic carbocycles. The van der Waals surface area contributed by atoms with Gasteiger partial charge in [0.05, 0.1) is 6.42 Å². The Bertz CT molecular complexity index is 749. The number of allylic oxidation sites excluding steroid dienone is 1. The number of carbonyl (C=O) groups excluding carboxylic acids is 3. The molecule has 2 amide bonds. The average Bonchev–Trinajstić information content (AvgIpc) is 3.05. The van der Waals surface area contributed by atoms with Gasteiger partial charge in [0, 0.05) is 11.6 Å². The molecule has 0 radical (unpaired) electrons. The predicted molar refractivity (Wildman–Crippen MR) is 118 cm³/mol. The first-order valence-corrected chi connectivity index (χ1v) is 11.0. The number of carbonyl (C=O) groups is 3. The van der Waals surface area contributed by atoms with Crippen LogP contribution in [-0.4, -0.2) is 17.8 Å². The minimum Gasteiger partial charge on any atom is -0.461 e. The summed E-state index contributed by atoms with van der Waals surface area (Å²) in [7, 11) is 0. The quantitative estimate of drug-likeness (QED) is 0.192. The van der Waals surface area contributed by atoms with Crippen molar-refractivity contribution in [1.29, 1.82) is 0 Å². The first-order chi connectivity index (χ1) is 14.6. The van der Waals surface area contributed by atoms with Crippen molar-refractivity contribution in [1.82, 2.24) is 5.32 Å². The van der Waals surface area contributed by atoms with Crippen LogP contribution in [0.2, 0.25) is 0 Å². The summed E-state index contributed by atoms with van der Waals surface area (Å²) in [5, 5.41) is 2.11. The molecule has 1 N–H and O–H groups in total. The van der Waals surface area contributed by atoms with E-state index in [0.717, 1.165) is 24.5 Å². The fourth-order valence-electron chi connectivity index (χ4n) is 3.43. The Kier molecular flexibility index (Phi) is 10.6. The number of ether oxygens (including phenoxy) is 1. The van der Waals surface area contributed by atoms with Crippen LogP contribution >= 0.6 is 0 Å². The van der Waals surface area contributed by atoms with Crippen LogP contribution in [-0.2, 0) is 32.1 Å². The summed E-state index contributed by atoms with van der Waals surface area (Å²) in [6.07, 6.45) is 15.5. The molecule has 0 saturated heterocycles. The van der Waals surface area contributed by atoms with Crippen molar-refractivity contribution in [2.75, 3.05) is 0 Å². The van der Waals surface area contributed by atoms with Crippen molar-refractivity contribution in [3.8, 4) is 0 Å². The maximum Gasteiger partial charge on any atom is 0.310 e. The number of benzene rings is 1. The van der Waals surface area contributed by atoms with Gasteiger partial charge in [-0.1, -0.05) is 68.9 Å². The standard InChI is InChI=1S/C25H33NO4/c1-2-3-4-5-6-7-8-9-10-11-12-20-13-15-21(16-14-20)19-30-24(28)18-22-17-23(27)26-25(22)29/h2,13-17H,1,3-12,18-19H2,(H,26,27,29). The Morgan fingerprint density at radius 2 is 1.50 bits per heavy atom. The topological polar surface area (TPSA) is 72.5 Å². The van der Waals surface area contributed by atoms with E-state index in [2.05, 4.69) is 24.0 Å². The Morgan fingerprint density at radius 1 is 0.900 bits per heavy atom. The molecule has 0 saturated carbocycles. The molecule has 0 atom stereocenters. The molecule has 1 aliphatic heterocycles. The van der Waals surface area contributed by atoms with Gasteiger partial charge in [-0.15, -0.1) is 6.58 Å². The van der Waals surface area contributed by atoms with Gasteiger partial charge in [-0.2, -0.15) is 0 Å². The van der Waals surface area contributed by atoms with Gasteiger partial charge in [0.25, 0.3) is 11.8 Å². The third-order valence-corrected chi connectivity index (χ3v) is 5.21. The second-order valence-electron chi connectivity index (χ2n) is 7.80. The number of imide groups is 1. The summed E-state index contributed by atoms with van der Waals surface area (Å²) in [4.78, 5) is 34.4. The highest BCUT2D eigenvalue weighted by Crippen LogP contribution is 2.14. The van der Waals surface area contributed by atoms with Gasteiger partial charge in [-0.25, -0.2) is 0 Å². The van der Waals surface area contributed by atoms with Gasteiger partial charge in [-0.05, 0) is 36.8 Å². The highest BCUT2D eigenvalue weighted by atomic mass is 16.5. The molecular weight excluding hydrogens is 378 g/mol. The molecule has 1 aromatic rings. The second-order valence-corrected chi connectivity index (χ2v) is 7.80. The van der Waals surface area contributed by atoms with E-state index in [-0.39, 0.29) is 18.6 Å². The van der Waals surface area contributed by atoms with Crippen LogP contribution in [0.25, 0.3) is 0 Å². The third kappa shape index (κ3) is 9.21. The Balaban J connectivity index is 1.55. The van der Waals surface area contributed by atoms with Gasteiger partial charge in [0.1, 0.15) is 6.61 Å². The molecule has 0 aliphatic carbocycles. The SMILES string of the molecule is C=CCCCCCCCCCCc1ccc(COC(=O)CC2=CC(=O)NC2=O)cc1. The minimum absolute atomic E-state index is 0.146. The highest BCUT2D eigenvalue weighted by Gasteiger charge is 2.23. The van der Waals surface area contributed by atoms with Crippen molar-refractivity contribution in [3.05, 3.63) is 59.7 Å². The highest BCUT2D eigenvalue weighted by molar-refractivity contribution is 6.17. The van der Waals surface area contributed by atoms with Crippen LogP contribution in [0.4, 0.5) is 0 Å². The van der Waals surface area contributed by atoms with Crippen LogP contribution in [0.1, 0.15) is 75.3 Å². The van der Waals surface area contributed by atoms with E-state index >= 15 is 0 Å². The number of aryl methyl sites for hydroxylation is 1. The summed E-state index contributed by atoms with van der Waals surface area (Å²) in [6, 6.07) is 8.09. The number of esters is 1. The van der Waals surface area contributed by atoms with E-state index in [4.69, 9.17) is 4.74 Å². The number of unbranched alkanes of at least 4 members (excludes halogenated alkanes) is 8. The van der Waals surface area contributed by atoms with Crippen LogP contribution in [0.5, 0.6) is 0 Å². The van der Waals surface area contributed by atoms with Crippen molar-refractivity contribution < 1.29 is 19.1 Å².